The first kappa shape index (κ1) is 26.4. The van der Waals surface area contributed by atoms with Gasteiger partial charge in [-0.25, -0.2) is 33.1 Å². The molecule has 0 spiro atoms. The minimum absolute atomic E-state index is 0.115. The number of benzene rings is 4. The minimum atomic E-state index is -1.10. The average Bonchev–Trinajstić information content (AvgIpc) is 2.95. The fourth-order valence-corrected chi connectivity index (χ4v) is 3.89. The van der Waals surface area contributed by atoms with Gasteiger partial charge in [0.15, 0.2) is 11.5 Å². The van der Waals surface area contributed by atoms with Crippen molar-refractivity contribution in [1.82, 2.24) is 14.1 Å². The molecule has 0 aliphatic rings. The van der Waals surface area contributed by atoms with Crippen molar-refractivity contribution in [3.8, 4) is 22.9 Å². The summed E-state index contributed by atoms with van der Waals surface area (Å²) in [4.78, 5) is 66.6. The van der Waals surface area contributed by atoms with Crippen LogP contribution < -0.4 is 37.2 Å². The molecule has 12 heteroatoms. The van der Waals surface area contributed by atoms with E-state index in [9.17, 15) is 24.0 Å². The number of carbonyl (C=O) groups excluding carboxylic acids is 2. The van der Waals surface area contributed by atoms with Crippen LogP contribution in [0.2, 0.25) is 0 Å². The molecule has 0 aliphatic carbocycles. The zero-order chi connectivity index (χ0) is 28.8. The summed E-state index contributed by atoms with van der Waals surface area (Å²) in [6.45, 7) is 0. The largest absolute Gasteiger partial charge is 0.417 e. The summed E-state index contributed by atoms with van der Waals surface area (Å²) in [5, 5.41) is 5.09. The standard InChI is InChI=1S/C29H21N5O7/c35-25-32-26(36)34(22-16-8-10-18-24(22)41-28(38)31-20-13-5-2-6-14-20)29(39)33(25)21-15-7-9-17-23(21)40-27(37)30-19-11-3-1-4-12-19/h1-18H,(H,30,37)(H,31,38)(H,32,35,36). The Balaban J connectivity index is 1.51. The highest BCUT2D eigenvalue weighted by atomic mass is 16.6. The van der Waals surface area contributed by atoms with Crippen molar-refractivity contribution in [3.63, 3.8) is 0 Å². The molecule has 5 rings (SSSR count). The number of nitrogens with zero attached hydrogens (tertiary/aromatic N) is 2. The molecular formula is C29H21N5O7. The van der Waals surface area contributed by atoms with Crippen LogP contribution in [-0.4, -0.2) is 26.3 Å². The van der Waals surface area contributed by atoms with Gasteiger partial charge in [0.1, 0.15) is 0 Å². The van der Waals surface area contributed by atoms with Crippen LogP contribution in [0, 0.1) is 0 Å². The monoisotopic (exact) mass is 551 g/mol. The maximum Gasteiger partial charge on any atom is 0.417 e. The van der Waals surface area contributed by atoms with Crippen LogP contribution in [0.15, 0.2) is 124 Å². The fourth-order valence-electron chi connectivity index (χ4n) is 3.89. The van der Waals surface area contributed by atoms with Crippen molar-refractivity contribution in [2.45, 2.75) is 0 Å². The lowest BCUT2D eigenvalue weighted by atomic mass is 10.3. The van der Waals surface area contributed by atoms with Crippen LogP contribution >= 0.6 is 0 Å². The van der Waals surface area contributed by atoms with Crippen LogP contribution in [0.5, 0.6) is 11.5 Å². The predicted molar refractivity (Wildman–Crippen MR) is 150 cm³/mol. The Morgan fingerprint density at radius 2 is 0.902 bits per heavy atom. The van der Waals surface area contributed by atoms with E-state index in [4.69, 9.17) is 9.47 Å². The number of rotatable bonds is 6. The summed E-state index contributed by atoms with van der Waals surface area (Å²) in [6.07, 6.45) is -1.74. The molecule has 0 atom stereocenters. The maximum absolute atomic E-state index is 13.7. The number of hydrogen-bond donors (Lipinski definition) is 3. The second-order valence-corrected chi connectivity index (χ2v) is 8.39. The SMILES string of the molecule is O=C(Nc1ccccc1)Oc1ccccc1-n1c(=O)[nH]c(=O)n(-c2ccccc2OC(=O)Nc2ccccc2)c1=O. The number of hydrogen-bond acceptors (Lipinski definition) is 7. The van der Waals surface area contributed by atoms with E-state index in [0.29, 0.717) is 20.5 Å². The quantitative estimate of drug-likeness (QED) is 0.289. The van der Waals surface area contributed by atoms with Crippen molar-refractivity contribution in [3.05, 3.63) is 141 Å². The molecule has 4 aromatic carbocycles. The van der Waals surface area contributed by atoms with E-state index in [1.165, 1.54) is 36.4 Å². The van der Waals surface area contributed by atoms with Crippen molar-refractivity contribution in [2.24, 2.45) is 0 Å². The third-order valence-electron chi connectivity index (χ3n) is 5.66. The summed E-state index contributed by atoms with van der Waals surface area (Å²) in [7, 11) is 0. The topological polar surface area (TPSA) is 154 Å². The first-order valence-corrected chi connectivity index (χ1v) is 12.2. The normalized spacial score (nSPS) is 10.4. The number of H-pyrrole nitrogens is 1. The summed E-state index contributed by atoms with van der Waals surface area (Å²) in [6, 6.07) is 28.7. The maximum atomic E-state index is 13.7. The van der Waals surface area contributed by atoms with Crippen LogP contribution in [0.3, 0.4) is 0 Å². The molecule has 5 aromatic rings. The Morgan fingerprint density at radius 1 is 0.537 bits per heavy atom. The van der Waals surface area contributed by atoms with Gasteiger partial charge in [-0.05, 0) is 48.5 Å². The molecule has 204 valence electrons. The minimum Gasteiger partial charge on any atom is -0.408 e. The lowest BCUT2D eigenvalue weighted by molar-refractivity contribution is 0.214. The second-order valence-electron chi connectivity index (χ2n) is 8.39. The van der Waals surface area contributed by atoms with Gasteiger partial charge < -0.3 is 9.47 Å². The molecule has 0 unspecified atom stereocenters. The molecular weight excluding hydrogens is 530 g/mol. The van der Waals surface area contributed by atoms with Crippen LogP contribution in [0.4, 0.5) is 21.0 Å². The molecule has 0 fully saturated rings. The summed E-state index contributed by atoms with van der Waals surface area (Å²) in [5.41, 5.74) is -2.55. The summed E-state index contributed by atoms with van der Waals surface area (Å²) >= 11 is 0. The average molecular weight is 552 g/mol. The molecule has 1 heterocycles. The highest BCUT2D eigenvalue weighted by Crippen LogP contribution is 2.23. The molecule has 41 heavy (non-hydrogen) atoms. The van der Waals surface area contributed by atoms with Gasteiger partial charge >= 0.3 is 29.3 Å². The van der Waals surface area contributed by atoms with Crippen LogP contribution in [0.1, 0.15) is 0 Å². The first-order chi connectivity index (χ1) is 19.9. The molecule has 0 saturated heterocycles. The van der Waals surface area contributed by atoms with E-state index in [0.717, 1.165) is 0 Å². The van der Waals surface area contributed by atoms with Gasteiger partial charge in [-0.2, -0.15) is 0 Å². The number of anilines is 2. The van der Waals surface area contributed by atoms with Gasteiger partial charge in [0.05, 0.1) is 11.4 Å². The van der Waals surface area contributed by atoms with Crippen molar-refractivity contribution >= 4 is 23.6 Å². The highest BCUT2D eigenvalue weighted by molar-refractivity contribution is 5.87. The van der Waals surface area contributed by atoms with E-state index in [1.807, 2.05) is 0 Å². The van der Waals surface area contributed by atoms with Gasteiger partial charge in [0.2, 0.25) is 0 Å². The lowest BCUT2D eigenvalue weighted by Gasteiger charge is -2.15. The smallest absolute Gasteiger partial charge is 0.408 e. The van der Waals surface area contributed by atoms with Gasteiger partial charge in [-0.1, -0.05) is 60.7 Å². The van der Waals surface area contributed by atoms with Crippen LogP contribution in [0.25, 0.3) is 11.4 Å². The Morgan fingerprint density at radius 3 is 1.32 bits per heavy atom. The second kappa shape index (κ2) is 11.7. The van der Waals surface area contributed by atoms with E-state index in [-0.39, 0.29) is 22.9 Å². The molecule has 0 aliphatic heterocycles. The molecule has 0 bridgehead atoms. The zero-order valence-electron chi connectivity index (χ0n) is 21.1. The number of para-hydroxylation sites is 6. The molecule has 2 amide bonds. The lowest BCUT2D eigenvalue weighted by Crippen LogP contribution is -2.48. The van der Waals surface area contributed by atoms with Crippen molar-refractivity contribution < 1.29 is 19.1 Å². The van der Waals surface area contributed by atoms with Gasteiger partial charge in [-0.15, -0.1) is 0 Å². The van der Waals surface area contributed by atoms with Crippen LogP contribution in [-0.2, 0) is 0 Å². The number of aromatic amines is 1. The Hall–Kier alpha value is -6.17. The number of ether oxygens (including phenoxy) is 2. The summed E-state index contributed by atoms with van der Waals surface area (Å²) in [5.74, 6) is -0.268. The van der Waals surface area contributed by atoms with E-state index < -0.39 is 29.3 Å². The molecule has 3 N–H and O–H groups in total. The zero-order valence-corrected chi connectivity index (χ0v) is 21.1. The third kappa shape index (κ3) is 5.96. The van der Waals surface area contributed by atoms with Crippen molar-refractivity contribution in [1.29, 1.82) is 0 Å². The van der Waals surface area contributed by atoms with Gasteiger partial charge in [0, 0.05) is 11.4 Å². The Bertz CT molecular complexity index is 1760. The predicted octanol–water partition coefficient (Wildman–Crippen LogP) is 3.90. The van der Waals surface area contributed by atoms with E-state index in [1.54, 1.807) is 72.8 Å². The first-order valence-electron chi connectivity index (χ1n) is 12.2. The molecule has 12 nitrogen and oxygen atoms in total. The molecule has 0 radical (unpaired) electrons. The number of nitrogens with one attached hydrogen (secondary N) is 3. The Kier molecular flexibility index (Phi) is 7.54. The highest BCUT2D eigenvalue weighted by Gasteiger charge is 2.20. The van der Waals surface area contributed by atoms with Gasteiger partial charge in [0.25, 0.3) is 0 Å². The van der Waals surface area contributed by atoms with Crippen molar-refractivity contribution in [2.75, 3.05) is 10.6 Å². The number of aromatic nitrogens is 3. The van der Waals surface area contributed by atoms with E-state index in [2.05, 4.69) is 15.6 Å². The molecule has 0 saturated carbocycles. The van der Waals surface area contributed by atoms with Gasteiger partial charge in [-0.3, -0.25) is 15.6 Å². The fraction of sp³-hybridized carbons (Fsp3) is 0. The number of amides is 2. The number of carbonyl (C=O) groups is 2. The Labute approximate surface area is 231 Å². The summed E-state index contributed by atoms with van der Waals surface area (Å²) < 4.78 is 12.1. The molecule has 1 aromatic heterocycles. The third-order valence-corrected chi connectivity index (χ3v) is 5.66. The van der Waals surface area contributed by atoms with E-state index >= 15 is 0 Å².